The molecule has 2 aromatic rings. The van der Waals surface area contributed by atoms with Gasteiger partial charge in [-0.2, -0.15) is 0 Å². The maximum Gasteiger partial charge on any atom is 0.161 e. The van der Waals surface area contributed by atoms with Crippen molar-refractivity contribution in [2.75, 3.05) is 27.3 Å². The maximum atomic E-state index is 5.53. The Hall–Kier alpha value is -1.59. The van der Waals surface area contributed by atoms with Gasteiger partial charge in [0.2, 0.25) is 0 Å². The highest BCUT2D eigenvalue weighted by Gasteiger charge is 2.09. The van der Waals surface area contributed by atoms with Crippen molar-refractivity contribution < 1.29 is 9.47 Å². The Morgan fingerprint density at radius 3 is 2.85 bits per heavy atom. The second-order valence-corrected chi connectivity index (χ2v) is 5.22. The number of benzene rings is 1. The SMILES string of the molecule is CCOc1ccc(-c2csc(CCNC)n2)cc1OC. The average Bonchev–Trinajstić information content (AvgIpc) is 2.94. The number of rotatable bonds is 7. The molecule has 1 heterocycles. The zero-order valence-corrected chi connectivity index (χ0v) is 12.9. The number of nitrogens with one attached hydrogen (secondary N) is 1. The molecule has 0 aliphatic carbocycles. The molecule has 0 amide bonds. The van der Waals surface area contributed by atoms with Crippen LogP contribution in [0, 0.1) is 0 Å². The Morgan fingerprint density at radius 2 is 2.15 bits per heavy atom. The standard InChI is InChI=1S/C15H20N2O2S/c1-4-19-13-6-5-11(9-14(13)18-3)12-10-20-15(17-12)7-8-16-2/h5-6,9-10,16H,4,7-8H2,1-3H3. The third-order valence-corrected chi connectivity index (χ3v) is 3.81. The van der Waals surface area contributed by atoms with Gasteiger partial charge in [-0.1, -0.05) is 0 Å². The Kier molecular flexibility index (Phi) is 5.38. The number of thiazole rings is 1. The Labute approximate surface area is 123 Å². The Morgan fingerprint density at radius 1 is 1.30 bits per heavy atom. The minimum atomic E-state index is 0.626. The lowest BCUT2D eigenvalue weighted by molar-refractivity contribution is 0.311. The predicted octanol–water partition coefficient (Wildman–Crippen LogP) is 2.98. The van der Waals surface area contributed by atoms with Crippen molar-refractivity contribution in [1.82, 2.24) is 10.3 Å². The van der Waals surface area contributed by atoms with Crippen molar-refractivity contribution in [3.05, 3.63) is 28.6 Å². The Bertz CT molecular complexity index is 555. The smallest absolute Gasteiger partial charge is 0.161 e. The normalized spacial score (nSPS) is 10.6. The van der Waals surface area contributed by atoms with E-state index in [4.69, 9.17) is 9.47 Å². The number of hydrogen-bond acceptors (Lipinski definition) is 5. The van der Waals surface area contributed by atoms with Crippen LogP contribution in [0.5, 0.6) is 11.5 Å². The van der Waals surface area contributed by atoms with Gasteiger partial charge in [0.25, 0.3) is 0 Å². The van der Waals surface area contributed by atoms with Crippen LogP contribution in [0.4, 0.5) is 0 Å². The number of ether oxygens (including phenoxy) is 2. The van der Waals surface area contributed by atoms with Crippen LogP contribution in [0.15, 0.2) is 23.6 Å². The van der Waals surface area contributed by atoms with Gasteiger partial charge >= 0.3 is 0 Å². The van der Waals surface area contributed by atoms with E-state index in [9.17, 15) is 0 Å². The van der Waals surface area contributed by atoms with E-state index in [0.717, 1.165) is 40.7 Å². The first-order valence-corrected chi connectivity index (χ1v) is 7.56. The van der Waals surface area contributed by atoms with Crippen molar-refractivity contribution >= 4 is 11.3 Å². The fourth-order valence-corrected chi connectivity index (χ4v) is 2.70. The van der Waals surface area contributed by atoms with E-state index in [2.05, 4.69) is 15.7 Å². The van der Waals surface area contributed by atoms with Crippen molar-refractivity contribution in [3.63, 3.8) is 0 Å². The van der Waals surface area contributed by atoms with Gasteiger partial charge in [0, 0.05) is 23.9 Å². The highest BCUT2D eigenvalue weighted by atomic mass is 32.1. The molecule has 1 aromatic carbocycles. The van der Waals surface area contributed by atoms with Crippen molar-refractivity contribution in [3.8, 4) is 22.8 Å². The number of methoxy groups -OCH3 is 1. The van der Waals surface area contributed by atoms with E-state index in [0.29, 0.717) is 6.61 Å². The quantitative estimate of drug-likeness (QED) is 0.852. The van der Waals surface area contributed by atoms with Crippen LogP contribution in [0.25, 0.3) is 11.3 Å². The van der Waals surface area contributed by atoms with Gasteiger partial charge < -0.3 is 14.8 Å². The lowest BCUT2D eigenvalue weighted by Crippen LogP contribution is -2.09. The van der Waals surface area contributed by atoms with E-state index in [1.54, 1.807) is 18.4 Å². The first-order chi connectivity index (χ1) is 9.78. The summed E-state index contributed by atoms with van der Waals surface area (Å²) in [6.07, 6.45) is 0.954. The molecule has 1 N–H and O–H groups in total. The summed E-state index contributed by atoms with van der Waals surface area (Å²) in [7, 11) is 3.60. The summed E-state index contributed by atoms with van der Waals surface area (Å²) in [5.74, 6) is 1.51. The number of aromatic nitrogens is 1. The molecule has 0 aliphatic rings. The lowest BCUT2D eigenvalue weighted by atomic mass is 10.1. The molecule has 2 rings (SSSR count). The minimum Gasteiger partial charge on any atom is -0.493 e. The van der Waals surface area contributed by atoms with Crippen LogP contribution in [-0.2, 0) is 6.42 Å². The molecular formula is C15H20N2O2S. The summed E-state index contributed by atoms with van der Waals surface area (Å²) in [5, 5.41) is 6.36. The third kappa shape index (κ3) is 3.49. The molecule has 0 saturated heterocycles. The van der Waals surface area contributed by atoms with Gasteiger partial charge in [-0.15, -0.1) is 11.3 Å². The molecule has 0 spiro atoms. The van der Waals surface area contributed by atoms with Gasteiger partial charge in [0.1, 0.15) is 0 Å². The molecule has 0 radical (unpaired) electrons. The van der Waals surface area contributed by atoms with E-state index in [-0.39, 0.29) is 0 Å². The molecule has 0 saturated carbocycles. The average molecular weight is 292 g/mol. The largest absolute Gasteiger partial charge is 0.493 e. The zero-order valence-electron chi connectivity index (χ0n) is 12.1. The first kappa shape index (κ1) is 14.8. The number of nitrogens with zero attached hydrogens (tertiary/aromatic N) is 1. The predicted molar refractivity (Wildman–Crippen MR) is 82.9 cm³/mol. The molecule has 108 valence electrons. The summed E-state index contributed by atoms with van der Waals surface area (Å²) < 4.78 is 10.9. The second kappa shape index (κ2) is 7.26. The summed E-state index contributed by atoms with van der Waals surface area (Å²) in [5.41, 5.74) is 2.04. The van der Waals surface area contributed by atoms with Gasteiger partial charge in [0.05, 0.1) is 24.4 Å². The topological polar surface area (TPSA) is 43.4 Å². The highest BCUT2D eigenvalue weighted by Crippen LogP contribution is 2.32. The monoisotopic (exact) mass is 292 g/mol. The number of likely N-dealkylation sites (N-methyl/N-ethyl adjacent to an activating group) is 1. The van der Waals surface area contributed by atoms with Gasteiger partial charge in [-0.05, 0) is 32.2 Å². The second-order valence-electron chi connectivity index (χ2n) is 4.28. The summed E-state index contributed by atoms with van der Waals surface area (Å²) in [6.45, 7) is 3.53. The molecule has 0 bridgehead atoms. The van der Waals surface area contributed by atoms with Gasteiger partial charge in [-0.3, -0.25) is 0 Å². The zero-order chi connectivity index (χ0) is 14.4. The third-order valence-electron chi connectivity index (χ3n) is 2.90. The van der Waals surface area contributed by atoms with E-state index >= 15 is 0 Å². The lowest BCUT2D eigenvalue weighted by Gasteiger charge is -2.10. The molecule has 0 atom stereocenters. The molecular weight excluding hydrogens is 272 g/mol. The van der Waals surface area contributed by atoms with Gasteiger partial charge in [-0.25, -0.2) is 4.98 Å². The van der Waals surface area contributed by atoms with Crippen molar-refractivity contribution in [2.24, 2.45) is 0 Å². The molecule has 0 aliphatic heterocycles. The highest BCUT2D eigenvalue weighted by molar-refractivity contribution is 7.09. The van der Waals surface area contributed by atoms with Crippen LogP contribution in [-0.4, -0.2) is 32.3 Å². The fraction of sp³-hybridized carbons (Fsp3) is 0.400. The molecule has 4 nitrogen and oxygen atoms in total. The van der Waals surface area contributed by atoms with Crippen molar-refractivity contribution in [1.29, 1.82) is 0 Å². The van der Waals surface area contributed by atoms with Crippen LogP contribution < -0.4 is 14.8 Å². The first-order valence-electron chi connectivity index (χ1n) is 6.68. The summed E-state index contributed by atoms with van der Waals surface area (Å²) >= 11 is 1.69. The van der Waals surface area contributed by atoms with Gasteiger partial charge in [0.15, 0.2) is 11.5 Å². The molecule has 1 aromatic heterocycles. The molecule has 5 heteroatoms. The molecule has 0 unspecified atom stereocenters. The van der Waals surface area contributed by atoms with Crippen LogP contribution in [0.2, 0.25) is 0 Å². The van der Waals surface area contributed by atoms with Crippen LogP contribution in [0.3, 0.4) is 0 Å². The molecule has 20 heavy (non-hydrogen) atoms. The Balaban J connectivity index is 2.21. The summed E-state index contributed by atoms with van der Waals surface area (Å²) in [4.78, 5) is 4.65. The maximum absolute atomic E-state index is 5.53. The number of hydrogen-bond donors (Lipinski definition) is 1. The minimum absolute atomic E-state index is 0.626. The molecule has 0 fully saturated rings. The van der Waals surface area contributed by atoms with E-state index in [1.807, 2.05) is 32.2 Å². The van der Waals surface area contributed by atoms with Crippen LogP contribution in [0.1, 0.15) is 11.9 Å². The fourth-order valence-electron chi connectivity index (χ4n) is 1.89. The van der Waals surface area contributed by atoms with Crippen molar-refractivity contribution in [2.45, 2.75) is 13.3 Å². The van der Waals surface area contributed by atoms with E-state index < -0.39 is 0 Å². The van der Waals surface area contributed by atoms with E-state index in [1.165, 1.54) is 0 Å². The summed E-state index contributed by atoms with van der Waals surface area (Å²) in [6, 6.07) is 5.93. The van der Waals surface area contributed by atoms with Crippen LogP contribution >= 0.6 is 11.3 Å².